The molecular formula is C27H30N4O4S2. The van der Waals surface area contributed by atoms with Crippen LogP contribution < -0.4 is 10.6 Å². The van der Waals surface area contributed by atoms with E-state index in [-0.39, 0.29) is 22.5 Å². The molecule has 0 fully saturated rings. The zero-order valence-electron chi connectivity index (χ0n) is 21.6. The van der Waals surface area contributed by atoms with E-state index in [1.807, 2.05) is 59.7 Å². The molecule has 0 spiro atoms. The van der Waals surface area contributed by atoms with Crippen LogP contribution in [0.15, 0.2) is 80.5 Å². The number of anilines is 2. The predicted octanol–water partition coefficient (Wildman–Crippen LogP) is 7.26. The third-order valence-corrected chi connectivity index (χ3v) is 7.15. The molecule has 8 nitrogen and oxygen atoms in total. The Kier molecular flexibility index (Phi) is 8.65. The van der Waals surface area contributed by atoms with Gasteiger partial charge in [-0.15, -0.1) is 0 Å². The number of para-hydroxylation sites is 2. The van der Waals surface area contributed by atoms with Gasteiger partial charge in [0.05, 0.1) is 16.3 Å². The molecule has 0 aliphatic heterocycles. The van der Waals surface area contributed by atoms with Gasteiger partial charge in [-0.3, -0.25) is 19.7 Å². The van der Waals surface area contributed by atoms with Crippen molar-refractivity contribution in [2.75, 3.05) is 10.6 Å². The second-order valence-electron chi connectivity index (χ2n) is 10.3. The van der Waals surface area contributed by atoms with Crippen molar-refractivity contribution >= 4 is 52.4 Å². The van der Waals surface area contributed by atoms with Crippen molar-refractivity contribution in [3.05, 3.63) is 70.8 Å². The number of carbonyl (C=O) groups is 2. The average Bonchev–Trinajstić information content (AvgIpc) is 2.80. The molecule has 2 N–H and O–H groups in total. The molecule has 37 heavy (non-hydrogen) atoms. The van der Waals surface area contributed by atoms with Crippen LogP contribution in [0.1, 0.15) is 41.5 Å². The lowest BCUT2D eigenvalue weighted by atomic mass is 9.95. The quantitative estimate of drug-likeness (QED) is 0.240. The zero-order valence-corrected chi connectivity index (χ0v) is 23.3. The van der Waals surface area contributed by atoms with Crippen LogP contribution in [0.3, 0.4) is 0 Å². The Bertz CT molecular complexity index is 1330. The third-order valence-electron chi connectivity index (χ3n) is 5.07. The van der Waals surface area contributed by atoms with Crippen molar-refractivity contribution in [2.24, 2.45) is 10.8 Å². The molecule has 194 valence electrons. The van der Waals surface area contributed by atoms with Crippen LogP contribution in [-0.2, 0) is 9.59 Å². The molecule has 0 bridgehead atoms. The van der Waals surface area contributed by atoms with E-state index >= 15 is 0 Å². The van der Waals surface area contributed by atoms with E-state index in [9.17, 15) is 19.7 Å². The molecule has 0 saturated heterocycles. The van der Waals surface area contributed by atoms with E-state index in [1.165, 1.54) is 17.8 Å². The van der Waals surface area contributed by atoms with Gasteiger partial charge in [-0.05, 0) is 30.3 Å². The number of nitrogens with zero attached hydrogens (tertiary/aromatic N) is 2. The first-order chi connectivity index (χ1) is 17.3. The van der Waals surface area contributed by atoms with Crippen LogP contribution in [0.5, 0.6) is 0 Å². The number of hydrogen-bond donors (Lipinski definition) is 2. The van der Waals surface area contributed by atoms with Crippen LogP contribution in [0.4, 0.5) is 17.1 Å². The average molecular weight is 539 g/mol. The number of nitro groups is 1. The topological polar surface area (TPSA) is 114 Å². The summed E-state index contributed by atoms with van der Waals surface area (Å²) in [6.45, 7) is 10.9. The Morgan fingerprint density at radius 2 is 1.22 bits per heavy atom. The molecular weight excluding hydrogens is 508 g/mol. The zero-order chi connectivity index (χ0) is 27.4. The minimum atomic E-state index is -0.603. The van der Waals surface area contributed by atoms with Gasteiger partial charge in [-0.25, -0.2) is 4.98 Å². The smallest absolute Gasteiger partial charge is 0.301 e. The van der Waals surface area contributed by atoms with Crippen LogP contribution in [0.2, 0.25) is 0 Å². The monoisotopic (exact) mass is 538 g/mol. The Balaban J connectivity index is 1.93. The van der Waals surface area contributed by atoms with E-state index in [1.54, 1.807) is 36.4 Å². The first-order valence-electron chi connectivity index (χ1n) is 11.6. The number of hydrogen-bond acceptors (Lipinski definition) is 7. The Morgan fingerprint density at radius 1 is 0.757 bits per heavy atom. The molecule has 0 atom stereocenters. The fraction of sp³-hybridized carbons (Fsp3) is 0.296. The SMILES string of the molecule is CC(C)(C)C(=O)Nc1ccccc1Sc1ccc([N+](=O)[O-])c(Sc2ccccc2NC(=O)C(C)(C)C)n1. The van der Waals surface area contributed by atoms with Gasteiger partial charge >= 0.3 is 5.69 Å². The van der Waals surface area contributed by atoms with E-state index in [4.69, 9.17) is 0 Å². The summed E-state index contributed by atoms with van der Waals surface area (Å²) in [4.78, 5) is 42.4. The number of nitrogens with one attached hydrogen (secondary N) is 2. The molecule has 0 aliphatic rings. The summed E-state index contributed by atoms with van der Waals surface area (Å²) in [5, 5.41) is 18.4. The van der Waals surface area contributed by atoms with E-state index < -0.39 is 15.8 Å². The van der Waals surface area contributed by atoms with Gasteiger partial charge in [0, 0.05) is 26.7 Å². The largest absolute Gasteiger partial charge is 0.325 e. The molecule has 0 aliphatic carbocycles. The summed E-state index contributed by atoms with van der Waals surface area (Å²) in [5.41, 5.74) is -0.119. The van der Waals surface area contributed by atoms with E-state index in [0.29, 0.717) is 21.3 Å². The number of aromatic nitrogens is 1. The van der Waals surface area contributed by atoms with Gasteiger partial charge in [0.15, 0.2) is 5.03 Å². The normalized spacial score (nSPS) is 11.6. The summed E-state index contributed by atoms with van der Waals surface area (Å²) in [6, 6.07) is 17.5. The van der Waals surface area contributed by atoms with Crippen molar-refractivity contribution in [1.82, 2.24) is 4.98 Å². The second-order valence-corrected chi connectivity index (χ2v) is 12.4. The van der Waals surface area contributed by atoms with Gasteiger partial charge in [0.1, 0.15) is 5.03 Å². The van der Waals surface area contributed by atoms with Crippen molar-refractivity contribution in [3.8, 4) is 0 Å². The lowest BCUT2D eigenvalue weighted by molar-refractivity contribution is -0.388. The lowest BCUT2D eigenvalue weighted by Gasteiger charge is -2.19. The molecule has 3 aromatic rings. The standard InChI is InChI=1S/C27H30N4O4S2/c1-26(2,3)24(32)28-17-11-7-9-13-20(17)36-22-16-15-19(31(34)35)23(30-22)37-21-14-10-8-12-18(21)29-25(33)27(4,5)6/h7-16H,1-6H3,(H,28,32)(H,29,33). The molecule has 0 radical (unpaired) electrons. The highest BCUT2D eigenvalue weighted by Gasteiger charge is 2.25. The number of rotatable bonds is 7. The number of carbonyl (C=O) groups excluding carboxylic acids is 2. The second kappa shape index (κ2) is 11.4. The molecule has 1 aromatic heterocycles. The highest BCUT2D eigenvalue weighted by molar-refractivity contribution is 8.00. The maximum absolute atomic E-state index is 12.6. The maximum atomic E-state index is 12.6. The third kappa shape index (κ3) is 7.56. The summed E-state index contributed by atoms with van der Waals surface area (Å²) in [7, 11) is 0. The Hall–Kier alpha value is -3.37. The van der Waals surface area contributed by atoms with Crippen LogP contribution in [-0.4, -0.2) is 21.7 Å². The summed E-state index contributed by atoms with van der Waals surface area (Å²) < 4.78 is 0. The van der Waals surface area contributed by atoms with Crippen molar-refractivity contribution in [2.45, 2.75) is 61.4 Å². The minimum Gasteiger partial charge on any atom is -0.325 e. The maximum Gasteiger partial charge on any atom is 0.301 e. The van der Waals surface area contributed by atoms with Gasteiger partial charge in [-0.2, -0.15) is 0 Å². The van der Waals surface area contributed by atoms with Gasteiger partial charge in [-0.1, -0.05) is 89.3 Å². The van der Waals surface area contributed by atoms with Crippen molar-refractivity contribution in [1.29, 1.82) is 0 Å². The molecule has 2 aromatic carbocycles. The number of amides is 2. The van der Waals surface area contributed by atoms with Crippen molar-refractivity contribution in [3.63, 3.8) is 0 Å². The minimum absolute atomic E-state index is 0.123. The van der Waals surface area contributed by atoms with E-state index in [2.05, 4.69) is 15.6 Å². The highest BCUT2D eigenvalue weighted by Crippen LogP contribution is 2.40. The predicted molar refractivity (Wildman–Crippen MR) is 148 cm³/mol. The van der Waals surface area contributed by atoms with Crippen LogP contribution in [0.25, 0.3) is 0 Å². The molecule has 0 saturated carbocycles. The first kappa shape index (κ1) is 28.2. The molecule has 0 unspecified atom stereocenters. The molecule has 10 heteroatoms. The number of pyridine rings is 1. The molecule has 3 rings (SSSR count). The first-order valence-corrected chi connectivity index (χ1v) is 13.2. The van der Waals surface area contributed by atoms with Gasteiger partial charge in [0.25, 0.3) is 0 Å². The Labute approximate surface area is 225 Å². The summed E-state index contributed by atoms with van der Waals surface area (Å²) in [5.74, 6) is -0.288. The van der Waals surface area contributed by atoms with Gasteiger partial charge < -0.3 is 10.6 Å². The fourth-order valence-electron chi connectivity index (χ4n) is 2.84. The highest BCUT2D eigenvalue weighted by atomic mass is 32.2. The molecule has 2 amide bonds. The van der Waals surface area contributed by atoms with Crippen LogP contribution >= 0.6 is 23.5 Å². The van der Waals surface area contributed by atoms with Crippen LogP contribution in [0, 0.1) is 20.9 Å². The number of benzene rings is 2. The van der Waals surface area contributed by atoms with Gasteiger partial charge in [0.2, 0.25) is 11.8 Å². The summed E-state index contributed by atoms with van der Waals surface area (Å²) in [6.07, 6.45) is 0. The van der Waals surface area contributed by atoms with E-state index in [0.717, 1.165) is 16.7 Å². The lowest BCUT2D eigenvalue weighted by Crippen LogP contribution is -2.27. The molecule has 1 heterocycles. The van der Waals surface area contributed by atoms with Crippen molar-refractivity contribution < 1.29 is 14.5 Å². The fourth-order valence-corrected chi connectivity index (χ4v) is 4.75. The summed E-state index contributed by atoms with van der Waals surface area (Å²) >= 11 is 2.41. The Morgan fingerprint density at radius 3 is 1.68 bits per heavy atom.